The highest BCUT2D eigenvalue weighted by Gasteiger charge is 2.33. The standard InChI is InChI=1S/C17H19NO/c1-4-5-9-15-13-11-17(2,3)19-16(13)12-8-6-7-10-14(12)18-15/h4,6-8,10H,1,5,9,11H2,2-3H3. The van der Waals surface area contributed by atoms with Gasteiger partial charge in [0.2, 0.25) is 0 Å². The molecule has 98 valence electrons. The van der Waals surface area contributed by atoms with Gasteiger partial charge in [-0.15, -0.1) is 6.58 Å². The van der Waals surface area contributed by atoms with E-state index >= 15 is 0 Å². The Hall–Kier alpha value is -1.83. The van der Waals surface area contributed by atoms with E-state index < -0.39 is 0 Å². The van der Waals surface area contributed by atoms with Gasteiger partial charge in [0.25, 0.3) is 0 Å². The molecule has 0 fully saturated rings. The highest BCUT2D eigenvalue weighted by atomic mass is 16.5. The Balaban J connectivity index is 2.20. The summed E-state index contributed by atoms with van der Waals surface area (Å²) in [4.78, 5) is 4.82. The van der Waals surface area contributed by atoms with Crippen LogP contribution in [0.25, 0.3) is 10.9 Å². The Morgan fingerprint density at radius 3 is 2.95 bits per heavy atom. The van der Waals surface area contributed by atoms with Crippen molar-refractivity contribution in [3.8, 4) is 5.75 Å². The lowest BCUT2D eigenvalue weighted by Crippen LogP contribution is -2.24. The molecule has 0 N–H and O–H groups in total. The number of benzene rings is 1. The molecule has 0 bridgehead atoms. The third kappa shape index (κ3) is 2.12. The van der Waals surface area contributed by atoms with Crippen LogP contribution < -0.4 is 4.74 Å². The molecule has 1 aromatic heterocycles. The van der Waals surface area contributed by atoms with Gasteiger partial charge < -0.3 is 4.74 Å². The minimum atomic E-state index is -0.128. The summed E-state index contributed by atoms with van der Waals surface area (Å²) in [5.74, 6) is 1.04. The highest BCUT2D eigenvalue weighted by molar-refractivity contribution is 5.87. The molecule has 19 heavy (non-hydrogen) atoms. The van der Waals surface area contributed by atoms with Crippen LogP contribution in [0.3, 0.4) is 0 Å². The van der Waals surface area contributed by atoms with Gasteiger partial charge in [0.1, 0.15) is 11.4 Å². The largest absolute Gasteiger partial charge is 0.486 e. The predicted octanol–water partition coefficient (Wildman–Crippen LogP) is 4.07. The summed E-state index contributed by atoms with van der Waals surface area (Å²) in [7, 11) is 0. The number of hydrogen-bond acceptors (Lipinski definition) is 2. The molecule has 2 nitrogen and oxygen atoms in total. The molecule has 2 aromatic rings. The van der Waals surface area contributed by atoms with Gasteiger partial charge in [0.15, 0.2) is 0 Å². The van der Waals surface area contributed by atoms with E-state index in [0.717, 1.165) is 35.9 Å². The van der Waals surface area contributed by atoms with Crippen LogP contribution >= 0.6 is 0 Å². The van der Waals surface area contributed by atoms with E-state index in [1.807, 2.05) is 18.2 Å². The van der Waals surface area contributed by atoms with Crippen molar-refractivity contribution >= 4 is 10.9 Å². The molecule has 0 aliphatic carbocycles. The first-order chi connectivity index (χ1) is 9.11. The Labute approximate surface area is 114 Å². The van der Waals surface area contributed by atoms with Crippen molar-refractivity contribution in [2.24, 2.45) is 0 Å². The van der Waals surface area contributed by atoms with Crippen LogP contribution in [-0.4, -0.2) is 10.6 Å². The van der Waals surface area contributed by atoms with E-state index in [1.54, 1.807) is 0 Å². The molecule has 0 radical (unpaired) electrons. The van der Waals surface area contributed by atoms with Gasteiger partial charge >= 0.3 is 0 Å². The minimum Gasteiger partial charge on any atom is -0.486 e. The number of aromatic nitrogens is 1. The van der Waals surface area contributed by atoms with Crippen LogP contribution in [0, 0.1) is 0 Å². The van der Waals surface area contributed by atoms with Crippen molar-refractivity contribution in [1.29, 1.82) is 0 Å². The summed E-state index contributed by atoms with van der Waals surface area (Å²) >= 11 is 0. The summed E-state index contributed by atoms with van der Waals surface area (Å²) in [5.41, 5.74) is 3.35. The molecule has 0 atom stereocenters. The Morgan fingerprint density at radius 1 is 1.37 bits per heavy atom. The summed E-state index contributed by atoms with van der Waals surface area (Å²) in [6, 6.07) is 8.23. The molecule has 1 aliphatic heterocycles. The van der Waals surface area contributed by atoms with E-state index in [1.165, 1.54) is 11.3 Å². The Kier molecular flexibility index (Phi) is 2.81. The first-order valence-corrected chi connectivity index (χ1v) is 6.81. The topological polar surface area (TPSA) is 22.1 Å². The first-order valence-electron chi connectivity index (χ1n) is 6.81. The predicted molar refractivity (Wildman–Crippen MR) is 78.7 cm³/mol. The first kappa shape index (κ1) is 12.2. The summed E-state index contributed by atoms with van der Waals surface area (Å²) in [6.45, 7) is 8.08. The Bertz CT molecular complexity index is 643. The molecule has 0 spiro atoms. The third-order valence-corrected chi connectivity index (χ3v) is 3.59. The maximum Gasteiger partial charge on any atom is 0.134 e. The number of rotatable bonds is 3. The molecule has 2 heterocycles. The zero-order chi connectivity index (χ0) is 13.5. The normalized spacial score (nSPS) is 16.1. The van der Waals surface area contributed by atoms with Crippen molar-refractivity contribution in [2.45, 2.75) is 38.7 Å². The number of aryl methyl sites for hydroxylation is 1. The lowest BCUT2D eigenvalue weighted by Gasteiger charge is -2.17. The zero-order valence-corrected chi connectivity index (χ0v) is 11.6. The molecule has 2 heteroatoms. The van der Waals surface area contributed by atoms with Crippen molar-refractivity contribution in [2.75, 3.05) is 0 Å². The average Bonchev–Trinajstić information content (AvgIpc) is 2.71. The second kappa shape index (κ2) is 4.37. The molecular formula is C17H19NO. The van der Waals surface area contributed by atoms with Gasteiger partial charge in [-0.2, -0.15) is 0 Å². The number of nitrogens with zero attached hydrogens (tertiary/aromatic N) is 1. The maximum atomic E-state index is 6.16. The van der Waals surface area contributed by atoms with E-state index in [4.69, 9.17) is 9.72 Å². The van der Waals surface area contributed by atoms with Gasteiger partial charge in [-0.1, -0.05) is 18.2 Å². The molecule has 0 saturated heterocycles. The van der Waals surface area contributed by atoms with E-state index in [-0.39, 0.29) is 5.60 Å². The highest BCUT2D eigenvalue weighted by Crippen LogP contribution is 2.41. The van der Waals surface area contributed by atoms with Crippen LogP contribution in [0.1, 0.15) is 31.5 Å². The second-order valence-electron chi connectivity index (χ2n) is 5.75. The van der Waals surface area contributed by atoms with Crippen LogP contribution in [0.5, 0.6) is 5.75 Å². The monoisotopic (exact) mass is 253 g/mol. The fourth-order valence-corrected chi connectivity index (χ4v) is 2.75. The van der Waals surface area contributed by atoms with E-state index in [2.05, 4.69) is 32.6 Å². The van der Waals surface area contributed by atoms with Crippen LogP contribution in [0.2, 0.25) is 0 Å². The SMILES string of the molecule is C=CCCc1nc2ccccc2c2c1CC(C)(C)O2. The van der Waals surface area contributed by atoms with Crippen molar-refractivity contribution < 1.29 is 4.74 Å². The summed E-state index contributed by atoms with van der Waals surface area (Å²) in [5, 5.41) is 1.13. The van der Waals surface area contributed by atoms with Crippen molar-refractivity contribution in [1.82, 2.24) is 4.98 Å². The summed E-state index contributed by atoms with van der Waals surface area (Å²) in [6.07, 6.45) is 4.78. The van der Waals surface area contributed by atoms with Gasteiger partial charge in [0.05, 0.1) is 5.52 Å². The number of pyridine rings is 1. The molecule has 0 unspecified atom stereocenters. The fraction of sp³-hybridized carbons (Fsp3) is 0.353. The lowest BCUT2D eigenvalue weighted by atomic mass is 9.97. The minimum absolute atomic E-state index is 0.128. The van der Waals surface area contributed by atoms with Crippen molar-refractivity contribution in [3.05, 3.63) is 48.2 Å². The van der Waals surface area contributed by atoms with Crippen LogP contribution in [-0.2, 0) is 12.8 Å². The fourth-order valence-electron chi connectivity index (χ4n) is 2.75. The smallest absolute Gasteiger partial charge is 0.134 e. The van der Waals surface area contributed by atoms with Crippen LogP contribution in [0.15, 0.2) is 36.9 Å². The number of allylic oxidation sites excluding steroid dienone is 1. The van der Waals surface area contributed by atoms with E-state index in [9.17, 15) is 0 Å². The molecule has 1 aliphatic rings. The molecule has 0 saturated carbocycles. The van der Waals surface area contributed by atoms with Crippen LogP contribution in [0.4, 0.5) is 0 Å². The molecular weight excluding hydrogens is 234 g/mol. The van der Waals surface area contributed by atoms with Gasteiger partial charge in [-0.25, -0.2) is 0 Å². The quantitative estimate of drug-likeness (QED) is 0.769. The average molecular weight is 253 g/mol. The number of ether oxygens (including phenoxy) is 1. The maximum absolute atomic E-state index is 6.16. The number of fused-ring (bicyclic) bond motifs is 3. The van der Waals surface area contributed by atoms with Gasteiger partial charge in [-0.3, -0.25) is 4.98 Å². The van der Waals surface area contributed by atoms with Gasteiger partial charge in [-0.05, 0) is 38.8 Å². The zero-order valence-electron chi connectivity index (χ0n) is 11.6. The number of para-hydroxylation sites is 1. The molecule has 3 rings (SSSR count). The van der Waals surface area contributed by atoms with Crippen molar-refractivity contribution in [3.63, 3.8) is 0 Å². The van der Waals surface area contributed by atoms with Gasteiger partial charge in [0, 0.05) is 23.1 Å². The van der Waals surface area contributed by atoms with E-state index in [0.29, 0.717) is 0 Å². The Morgan fingerprint density at radius 2 is 2.16 bits per heavy atom. The molecule has 1 aromatic carbocycles. The second-order valence-corrected chi connectivity index (χ2v) is 5.75. The summed E-state index contributed by atoms with van der Waals surface area (Å²) < 4.78 is 6.16. The lowest BCUT2D eigenvalue weighted by molar-refractivity contribution is 0.140. The number of hydrogen-bond donors (Lipinski definition) is 0. The molecule has 0 amide bonds. The third-order valence-electron chi connectivity index (χ3n) is 3.59.